The van der Waals surface area contributed by atoms with Gasteiger partial charge in [-0.2, -0.15) is 0 Å². The van der Waals surface area contributed by atoms with Crippen LogP contribution in [0.5, 0.6) is 11.6 Å². The number of aryl methyl sites for hydroxylation is 1. The molecule has 2 aromatic rings. The fraction of sp³-hybridized carbons (Fsp3) is 0.571. The van der Waals surface area contributed by atoms with Gasteiger partial charge in [0, 0.05) is 18.4 Å². The number of benzene rings is 1. The molecule has 1 aliphatic heterocycles. The number of fused-ring (bicyclic) bond motifs is 1. The number of ether oxygens (including phenoxy) is 3. The van der Waals surface area contributed by atoms with Gasteiger partial charge in [0.25, 0.3) is 0 Å². The quantitative estimate of drug-likeness (QED) is 0.272. The summed E-state index contributed by atoms with van der Waals surface area (Å²) in [6.07, 6.45) is 8.90. The van der Waals surface area contributed by atoms with Gasteiger partial charge in [-0.3, -0.25) is 9.59 Å². The third-order valence-corrected chi connectivity index (χ3v) is 9.00. The lowest BCUT2D eigenvalue weighted by molar-refractivity contribution is -0.146. The first kappa shape index (κ1) is 33.9. The number of hydrogen-bond acceptors (Lipinski definition) is 8. The standard InChI is InChI=1S/C35H48N4O6/c1-9-11-13-14-23-18-30(23)45-33(42)38-35(7,34(4,5)6)32(41)39-21-25(20-29(39)22(3)40)44-31-27(15-12-10-2)36-26-17-16-24(43-8)19-28(26)37-31/h10-11,13,16-17,19,23,25,29-30H,2,9,12,14-15,18,20-21H2,1,3-8H3,(H,38,42). The number of Topliss-reactive ketones (excluding diaryl/α,β-unsaturated/α-hetero) is 1. The molecule has 2 fully saturated rings. The highest BCUT2D eigenvalue weighted by Gasteiger charge is 2.53. The number of amides is 2. The topological polar surface area (TPSA) is 120 Å². The van der Waals surface area contributed by atoms with Gasteiger partial charge in [0.2, 0.25) is 11.8 Å². The van der Waals surface area contributed by atoms with E-state index < -0.39 is 29.2 Å². The molecule has 4 rings (SSSR count). The van der Waals surface area contributed by atoms with Crippen LogP contribution in [-0.4, -0.2) is 70.1 Å². The summed E-state index contributed by atoms with van der Waals surface area (Å²) in [5.74, 6) is 0.777. The fourth-order valence-electron chi connectivity index (χ4n) is 5.60. The lowest BCUT2D eigenvalue weighted by Crippen LogP contribution is -2.65. The van der Waals surface area contributed by atoms with Gasteiger partial charge in [-0.05, 0) is 63.5 Å². The molecule has 1 saturated heterocycles. The summed E-state index contributed by atoms with van der Waals surface area (Å²) in [6.45, 7) is 14.9. The van der Waals surface area contributed by atoms with E-state index in [4.69, 9.17) is 24.2 Å². The summed E-state index contributed by atoms with van der Waals surface area (Å²) in [5, 5.41) is 2.89. The van der Waals surface area contributed by atoms with Crippen molar-refractivity contribution in [1.82, 2.24) is 20.2 Å². The number of nitrogens with zero attached hydrogens (tertiary/aromatic N) is 3. The van der Waals surface area contributed by atoms with Crippen LogP contribution in [-0.2, 0) is 20.7 Å². The number of allylic oxidation sites excluding steroid dienone is 3. The number of hydrogen-bond donors (Lipinski definition) is 1. The molecule has 5 unspecified atom stereocenters. The second-order valence-electron chi connectivity index (χ2n) is 13.3. The van der Waals surface area contributed by atoms with E-state index in [2.05, 4.69) is 31.0 Å². The van der Waals surface area contributed by atoms with Gasteiger partial charge in [0.1, 0.15) is 29.2 Å². The molecule has 45 heavy (non-hydrogen) atoms. The van der Waals surface area contributed by atoms with E-state index in [0.29, 0.717) is 53.5 Å². The minimum absolute atomic E-state index is 0.151. The van der Waals surface area contributed by atoms with Crippen molar-refractivity contribution in [3.05, 3.63) is 48.7 Å². The molecule has 1 N–H and O–H groups in total. The van der Waals surface area contributed by atoms with E-state index in [0.717, 1.165) is 19.3 Å². The predicted molar refractivity (Wildman–Crippen MR) is 173 cm³/mol. The first-order valence-electron chi connectivity index (χ1n) is 15.9. The average Bonchev–Trinajstić information content (AvgIpc) is 3.57. The van der Waals surface area contributed by atoms with Crippen LogP contribution in [0.15, 0.2) is 43.0 Å². The van der Waals surface area contributed by atoms with Gasteiger partial charge in [-0.15, -0.1) is 6.58 Å². The third kappa shape index (κ3) is 7.83. The molecule has 2 heterocycles. The number of nitrogens with one attached hydrogen (secondary N) is 1. The SMILES string of the molecule is C=CCCc1nc2ccc(OC)cc2nc1OC1CC(C(C)=O)N(C(=O)C(C)(NC(=O)OC2CC2CC=CCC)C(C)(C)C)C1. The molecule has 1 saturated carbocycles. The lowest BCUT2D eigenvalue weighted by atomic mass is 9.73. The predicted octanol–water partition coefficient (Wildman–Crippen LogP) is 5.97. The van der Waals surface area contributed by atoms with E-state index in [1.807, 2.05) is 39.0 Å². The smallest absolute Gasteiger partial charge is 0.408 e. The number of carbonyl (C=O) groups excluding carboxylic acids is 3. The zero-order chi connectivity index (χ0) is 32.9. The largest absolute Gasteiger partial charge is 0.497 e. The highest BCUT2D eigenvalue weighted by molar-refractivity contribution is 5.95. The first-order chi connectivity index (χ1) is 21.3. The van der Waals surface area contributed by atoms with Crippen LogP contribution in [0.3, 0.4) is 0 Å². The molecule has 1 aromatic carbocycles. The van der Waals surface area contributed by atoms with Crippen molar-refractivity contribution < 1.29 is 28.6 Å². The Morgan fingerprint density at radius 1 is 1.11 bits per heavy atom. The normalized spacial score (nSPS) is 22.6. The molecule has 10 heteroatoms. The first-order valence-corrected chi connectivity index (χ1v) is 15.9. The van der Waals surface area contributed by atoms with Gasteiger partial charge in [-0.25, -0.2) is 14.8 Å². The molecule has 1 aliphatic carbocycles. The van der Waals surface area contributed by atoms with Crippen molar-refractivity contribution >= 4 is 28.8 Å². The van der Waals surface area contributed by atoms with Crippen molar-refractivity contribution in [1.29, 1.82) is 0 Å². The molecule has 244 valence electrons. The van der Waals surface area contributed by atoms with Crippen LogP contribution in [0.4, 0.5) is 4.79 Å². The van der Waals surface area contributed by atoms with Gasteiger partial charge in [-0.1, -0.05) is 45.9 Å². The van der Waals surface area contributed by atoms with Crippen molar-refractivity contribution in [2.75, 3.05) is 13.7 Å². The molecule has 2 amide bonds. The Hall–Kier alpha value is -3.95. The second-order valence-corrected chi connectivity index (χ2v) is 13.3. The van der Waals surface area contributed by atoms with Crippen LogP contribution < -0.4 is 14.8 Å². The molecule has 0 bridgehead atoms. The van der Waals surface area contributed by atoms with Crippen LogP contribution in [0.2, 0.25) is 0 Å². The van der Waals surface area contributed by atoms with Crippen molar-refractivity contribution in [2.45, 2.75) is 104 Å². The molecular formula is C35H48N4O6. The lowest BCUT2D eigenvalue weighted by Gasteiger charge is -2.43. The Bertz CT molecular complexity index is 1450. The number of ketones is 1. The Labute approximate surface area is 266 Å². The van der Waals surface area contributed by atoms with E-state index in [1.165, 1.54) is 11.8 Å². The Morgan fingerprint density at radius 3 is 2.51 bits per heavy atom. The number of carbonyl (C=O) groups is 3. The van der Waals surface area contributed by atoms with Crippen LogP contribution in [0.25, 0.3) is 11.0 Å². The van der Waals surface area contributed by atoms with Crippen LogP contribution in [0, 0.1) is 11.3 Å². The number of rotatable bonds is 13. The zero-order valence-electron chi connectivity index (χ0n) is 27.7. The summed E-state index contributed by atoms with van der Waals surface area (Å²) in [7, 11) is 1.59. The maximum absolute atomic E-state index is 14.3. The van der Waals surface area contributed by atoms with Crippen molar-refractivity contribution in [3.8, 4) is 11.6 Å². The van der Waals surface area contributed by atoms with Crippen molar-refractivity contribution in [3.63, 3.8) is 0 Å². The highest BCUT2D eigenvalue weighted by atomic mass is 16.6. The molecule has 5 atom stereocenters. The van der Waals surface area contributed by atoms with Crippen molar-refractivity contribution in [2.24, 2.45) is 11.3 Å². The maximum Gasteiger partial charge on any atom is 0.408 e. The number of likely N-dealkylation sites (tertiary alicyclic amines) is 1. The molecule has 1 aromatic heterocycles. The molecule has 0 radical (unpaired) electrons. The minimum atomic E-state index is -1.35. The van der Waals surface area contributed by atoms with Crippen LogP contribution >= 0.6 is 0 Å². The Kier molecular flexibility index (Phi) is 10.6. The summed E-state index contributed by atoms with van der Waals surface area (Å²) >= 11 is 0. The van der Waals surface area contributed by atoms with E-state index in [9.17, 15) is 14.4 Å². The summed E-state index contributed by atoms with van der Waals surface area (Å²) < 4.78 is 17.5. The van der Waals surface area contributed by atoms with Crippen LogP contribution in [0.1, 0.15) is 79.3 Å². The fourth-order valence-corrected chi connectivity index (χ4v) is 5.60. The minimum Gasteiger partial charge on any atom is -0.497 e. The third-order valence-electron chi connectivity index (χ3n) is 9.00. The highest BCUT2D eigenvalue weighted by Crippen LogP contribution is 2.39. The number of aromatic nitrogens is 2. The van der Waals surface area contributed by atoms with Gasteiger partial charge in [0.15, 0.2) is 5.78 Å². The van der Waals surface area contributed by atoms with E-state index in [1.54, 1.807) is 20.1 Å². The van der Waals surface area contributed by atoms with Gasteiger partial charge >= 0.3 is 6.09 Å². The monoisotopic (exact) mass is 620 g/mol. The molecule has 0 spiro atoms. The summed E-state index contributed by atoms with van der Waals surface area (Å²) in [6, 6.07) is 4.75. The van der Waals surface area contributed by atoms with E-state index >= 15 is 0 Å². The zero-order valence-corrected chi connectivity index (χ0v) is 27.7. The van der Waals surface area contributed by atoms with Gasteiger partial charge < -0.3 is 24.4 Å². The average molecular weight is 621 g/mol. The summed E-state index contributed by atoms with van der Waals surface area (Å²) in [5.41, 5.74) is -0.0574. The maximum atomic E-state index is 14.3. The number of alkyl carbamates (subject to hydrolysis) is 1. The Morgan fingerprint density at radius 2 is 1.87 bits per heavy atom. The molecular weight excluding hydrogens is 572 g/mol. The number of methoxy groups -OCH3 is 1. The van der Waals surface area contributed by atoms with E-state index in [-0.39, 0.29) is 24.3 Å². The second kappa shape index (κ2) is 14.0. The molecule has 2 aliphatic rings. The molecule has 10 nitrogen and oxygen atoms in total. The summed E-state index contributed by atoms with van der Waals surface area (Å²) in [4.78, 5) is 51.4. The van der Waals surface area contributed by atoms with Gasteiger partial charge in [0.05, 0.1) is 30.7 Å². The Balaban J connectivity index is 1.54.